The van der Waals surface area contributed by atoms with Gasteiger partial charge in [-0.15, -0.1) is 11.3 Å². The predicted molar refractivity (Wildman–Crippen MR) is 72.2 cm³/mol. The number of rotatable bonds is 4. The molecule has 1 amide bonds. The molecule has 2 N–H and O–H groups in total. The molecule has 2 rings (SSSR count). The van der Waals surface area contributed by atoms with Crippen molar-refractivity contribution in [1.29, 1.82) is 0 Å². The number of aliphatic carboxylic acids is 1. The molecule has 1 aliphatic heterocycles. The topological polar surface area (TPSA) is 82.5 Å². The van der Waals surface area contributed by atoms with E-state index in [0.717, 1.165) is 12.8 Å². The van der Waals surface area contributed by atoms with Gasteiger partial charge in [-0.05, 0) is 32.7 Å². The fraction of sp³-hybridized carbons (Fsp3) is 0.583. The number of amides is 1. The Bertz CT molecular complexity index is 463. The maximum atomic E-state index is 11.9. The Kier molecular flexibility index (Phi) is 4.16. The molecule has 0 aliphatic carbocycles. The van der Waals surface area contributed by atoms with Gasteiger partial charge in [-0.3, -0.25) is 14.5 Å². The van der Waals surface area contributed by atoms with Crippen molar-refractivity contribution in [2.45, 2.75) is 31.7 Å². The molecule has 1 saturated heterocycles. The van der Waals surface area contributed by atoms with Crippen molar-refractivity contribution in [3.8, 4) is 0 Å². The lowest BCUT2D eigenvalue weighted by atomic mass is 9.88. The highest BCUT2D eigenvalue weighted by Gasteiger charge is 2.41. The lowest BCUT2D eigenvalue weighted by Gasteiger charge is -2.41. The van der Waals surface area contributed by atoms with Gasteiger partial charge < -0.3 is 10.4 Å². The van der Waals surface area contributed by atoms with Crippen LogP contribution in [0.1, 0.15) is 26.2 Å². The number of hydrogen-bond donors (Lipinski definition) is 2. The first-order valence-electron chi connectivity index (χ1n) is 6.20. The molecule has 0 aromatic carbocycles. The van der Waals surface area contributed by atoms with Crippen LogP contribution in [0.5, 0.6) is 0 Å². The summed E-state index contributed by atoms with van der Waals surface area (Å²) in [5, 5.41) is 14.4. The second-order valence-electron chi connectivity index (χ2n) is 4.84. The van der Waals surface area contributed by atoms with Gasteiger partial charge in [0.05, 0.1) is 6.54 Å². The average molecular weight is 283 g/mol. The summed E-state index contributed by atoms with van der Waals surface area (Å²) in [4.78, 5) is 29.0. The summed E-state index contributed by atoms with van der Waals surface area (Å²) in [5.41, 5.74) is -0.946. The zero-order valence-corrected chi connectivity index (χ0v) is 11.6. The molecule has 104 valence electrons. The van der Waals surface area contributed by atoms with Crippen LogP contribution in [0.4, 0.5) is 5.13 Å². The first-order valence-corrected chi connectivity index (χ1v) is 7.08. The highest BCUT2D eigenvalue weighted by atomic mass is 32.1. The normalized spacial score (nSPS) is 24.1. The number of piperidine rings is 1. The number of nitrogens with zero attached hydrogens (tertiary/aromatic N) is 2. The Hall–Kier alpha value is -1.47. The van der Waals surface area contributed by atoms with Gasteiger partial charge in [0, 0.05) is 11.6 Å². The molecule has 2 heterocycles. The van der Waals surface area contributed by atoms with E-state index in [2.05, 4.69) is 10.3 Å². The molecule has 1 unspecified atom stereocenters. The van der Waals surface area contributed by atoms with E-state index in [-0.39, 0.29) is 12.5 Å². The molecule has 0 spiro atoms. The molecular weight excluding hydrogens is 266 g/mol. The van der Waals surface area contributed by atoms with Crippen LogP contribution in [0.15, 0.2) is 11.6 Å². The molecule has 0 saturated carbocycles. The van der Waals surface area contributed by atoms with Gasteiger partial charge in [-0.2, -0.15) is 0 Å². The number of nitrogens with one attached hydrogen (secondary N) is 1. The van der Waals surface area contributed by atoms with Crippen LogP contribution in [-0.2, 0) is 9.59 Å². The number of likely N-dealkylation sites (tertiary alicyclic amines) is 1. The van der Waals surface area contributed by atoms with E-state index < -0.39 is 11.5 Å². The Morgan fingerprint density at radius 3 is 3.00 bits per heavy atom. The lowest BCUT2D eigenvalue weighted by Crippen LogP contribution is -2.57. The van der Waals surface area contributed by atoms with Crippen molar-refractivity contribution in [3.63, 3.8) is 0 Å². The molecule has 1 aliphatic rings. The number of thiazole rings is 1. The van der Waals surface area contributed by atoms with Crippen LogP contribution in [0.2, 0.25) is 0 Å². The summed E-state index contributed by atoms with van der Waals surface area (Å²) in [5.74, 6) is -1.08. The Balaban J connectivity index is 1.99. The first-order chi connectivity index (χ1) is 9.02. The minimum Gasteiger partial charge on any atom is -0.480 e. The van der Waals surface area contributed by atoms with Crippen molar-refractivity contribution in [2.75, 3.05) is 18.4 Å². The highest BCUT2D eigenvalue weighted by molar-refractivity contribution is 7.13. The Morgan fingerprint density at radius 2 is 2.37 bits per heavy atom. The summed E-state index contributed by atoms with van der Waals surface area (Å²) >= 11 is 1.34. The number of carboxylic acids is 1. The second kappa shape index (κ2) is 5.66. The van der Waals surface area contributed by atoms with Crippen molar-refractivity contribution in [1.82, 2.24) is 9.88 Å². The van der Waals surface area contributed by atoms with Crippen LogP contribution in [0.25, 0.3) is 0 Å². The van der Waals surface area contributed by atoms with Crippen LogP contribution in [0.3, 0.4) is 0 Å². The van der Waals surface area contributed by atoms with E-state index in [0.29, 0.717) is 18.1 Å². The third-order valence-electron chi connectivity index (χ3n) is 3.51. The van der Waals surface area contributed by atoms with Gasteiger partial charge >= 0.3 is 5.97 Å². The summed E-state index contributed by atoms with van der Waals surface area (Å²) in [6, 6.07) is 0. The number of carboxylic acid groups (broad SMARTS) is 1. The van der Waals surface area contributed by atoms with Gasteiger partial charge in [-0.25, -0.2) is 4.98 Å². The van der Waals surface area contributed by atoms with Gasteiger partial charge in [0.1, 0.15) is 5.54 Å². The maximum Gasteiger partial charge on any atom is 0.323 e. The molecule has 0 bridgehead atoms. The smallest absolute Gasteiger partial charge is 0.323 e. The number of carbonyl (C=O) groups excluding carboxylic acids is 1. The van der Waals surface area contributed by atoms with E-state index in [1.165, 1.54) is 11.3 Å². The van der Waals surface area contributed by atoms with Gasteiger partial charge in [0.15, 0.2) is 5.13 Å². The molecular formula is C12H17N3O3S. The van der Waals surface area contributed by atoms with Crippen LogP contribution >= 0.6 is 11.3 Å². The van der Waals surface area contributed by atoms with Gasteiger partial charge in [-0.1, -0.05) is 0 Å². The monoisotopic (exact) mass is 283 g/mol. The second-order valence-corrected chi connectivity index (χ2v) is 5.74. The highest BCUT2D eigenvalue weighted by Crippen LogP contribution is 2.28. The summed E-state index contributed by atoms with van der Waals surface area (Å²) in [6.45, 7) is 2.40. The molecule has 1 fully saturated rings. The van der Waals surface area contributed by atoms with Gasteiger partial charge in [0.25, 0.3) is 0 Å². The SMILES string of the molecule is CC1(C(=O)O)CCCCN1CC(=O)Nc1nccs1. The summed E-state index contributed by atoms with van der Waals surface area (Å²) < 4.78 is 0. The minimum absolute atomic E-state index is 0.0857. The molecule has 7 heteroatoms. The molecule has 19 heavy (non-hydrogen) atoms. The Morgan fingerprint density at radius 1 is 1.58 bits per heavy atom. The number of anilines is 1. The molecule has 0 radical (unpaired) electrons. The average Bonchev–Trinajstić information content (AvgIpc) is 2.84. The van der Waals surface area contributed by atoms with E-state index in [1.54, 1.807) is 23.4 Å². The quantitative estimate of drug-likeness (QED) is 0.873. The largest absolute Gasteiger partial charge is 0.480 e. The van der Waals surface area contributed by atoms with Crippen molar-refractivity contribution >= 4 is 28.3 Å². The van der Waals surface area contributed by atoms with E-state index in [4.69, 9.17) is 0 Å². The lowest BCUT2D eigenvalue weighted by molar-refractivity contribution is -0.153. The number of aromatic nitrogens is 1. The zero-order chi connectivity index (χ0) is 13.9. The number of carbonyl (C=O) groups is 2. The van der Waals surface area contributed by atoms with E-state index in [1.807, 2.05) is 0 Å². The van der Waals surface area contributed by atoms with Gasteiger partial charge in [0.2, 0.25) is 5.91 Å². The van der Waals surface area contributed by atoms with E-state index in [9.17, 15) is 14.7 Å². The summed E-state index contributed by atoms with van der Waals surface area (Å²) in [6.07, 6.45) is 4.00. The third kappa shape index (κ3) is 3.10. The van der Waals surface area contributed by atoms with Crippen LogP contribution in [0, 0.1) is 0 Å². The maximum absolute atomic E-state index is 11.9. The molecule has 1 atom stereocenters. The standard InChI is InChI=1S/C12H17N3O3S/c1-12(10(17)18)4-2-3-6-15(12)8-9(16)14-11-13-5-7-19-11/h5,7H,2-4,6,8H2,1H3,(H,17,18)(H,13,14,16). The van der Waals surface area contributed by atoms with Crippen LogP contribution < -0.4 is 5.32 Å². The predicted octanol–water partition coefficient (Wildman–Crippen LogP) is 1.41. The fourth-order valence-electron chi connectivity index (χ4n) is 2.29. The third-order valence-corrected chi connectivity index (χ3v) is 4.20. The number of hydrogen-bond acceptors (Lipinski definition) is 5. The Labute approximate surface area is 115 Å². The summed E-state index contributed by atoms with van der Waals surface area (Å²) in [7, 11) is 0. The molecule has 1 aromatic rings. The first kappa shape index (κ1) is 14.0. The van der Waals surface area contributed by atoms with Crippen molar-refractivity contribution in [3.05, 3.63) is 11.6 Å². The van der Waals surface area contributed by atoms with E-state index >= 15 is 0 Å². The van der Waals surface area contributed by atoms with Crippen molar-refractivity contribution < 1.29 is 14.7 Å². The fourth-order valence-corrected chi connectivity index (χ4v) is 2.83. The molecule has 6 nitrogen and oxygen atoms in total. The van der Waals surface area contributed by atoms with Crippen LogP contribution in [-0.4, -0.2) is 45.5 Å². The molecule has 1 aromatic heterocycles. The zero-order valence-electron chi connectivity index (χ0n) is 10.8. The van der Waals surface area contributed by atoms with Crippen molar-refractivity contribution in [2.24, 2.45) is 0 Å². The minimum atomic E-state index is -0.946.